The first-order valence-electron chi connectivity index (χ1n) is 5.62. The Hall–Kier alpha value is -0.930. The standard InChI is InChI=1S/C14H14OS2/c1-9(2)11-5-3-10(4-6-11)7-13-12(15)8-14(16)17-13/h3-7,9H,8H2,1-2H3/b13-7-. The third-order valence-electron chi connectivity index (χ3n) is 2.70. The number of carbonyl (C=O) groups excluding carboxylic acids is 1. The molecule has 88 valence electrons. The van der Waals surface area contributed by atoms with Crippen molar-refractivity contribution in [1.82, 2.24) is 0 Å². The highest BCUT2D eigenvalue weighted by Crippen LogP contribution is 2.31. The number of hydrogen-bond donors (Lipinski definition) is 0. The predicted octanol–water partition coefficient (Wildman–Crippen LogP) is 4.18. The number of hydrogen-bond acceptors (Lipinski definition) is 3. The summed E-state index contributed by atoms with van der Waals surface area (Å²) >= 11 is 6.47. The lowest BCUT2D eigenvalue weighted by atomic mass is 10.0. The molecule has 0 unspecified atom stereocenters. The fraction of sp³-hybridized carbons (Fsp3) is 0.286. The molecule has 1 heterocycles. The normalized spacial score (nSPS) is 18.4. The summed E-state index contributed by atoms with van der Waals surface area (Å²) in [6, 6.07) is 8.33. The molecule has 1 fully saturated rings. The van der Waals surface area contributed by atoms with Gasteiger partial charge >= 0.3 is 0 Å². The van der Waals surface area contributed by atoms with E-state index in [2.05, 4.69) is 38.1 Å². The lowest BCUT2D eigenvalue weighted by Crippen LogP contribution is -1.91. The molecule has 0 radical (unpaired) electrons. The molecule has 3 heteroatoms. The first-order valence-corrected chi connectivity index (χ1v) is 6.84. The van der Waals surface area contributed by atoms with Crippen LogP contribution in [-0.2, 0) is 4.79 Å². The van der Waals surface area contributed by atoms with E-state index in [0.29, 0.717) is 12.3 Å². The number of Topliss-reactive ketones (excluding diaryl/α,β-unsaturated/α-hetero) is 1. The molecule has 0 amide bonds. The van der Waals surface area contributed by atoms with Gasteiger partial charge in [0.2, 0.25) is 0 Å². The van der Waals surface area contributed by atoms with Crippen LogP contribution in [-0.4, -0.2) is 9.98 Å². The van der Waals surface area contributed by atoms with Gasteiger partial charge in [-0.05, 0) is 23.1 Å². The fourth-order valence-electron chi connectivity index (χ4n) is 1.67. The van der Waals surface area contributed by atoms with Crippen molar-refractivity contribution in [3.05, 3.63) is 40.3 Å². The summed E-state index contributed by atoms with van der Waals surface area (Å²) in [5, 5.41) is 0. The molecule has 0 saturated carbocycles. The molecule has 1 aromatic carbocycles. The Morgan fingerprint density at radius 3 is 2.41 bits per heavy atom. The third kappa shape index (κ3) is 3.05. The number of ketones is 1. The first-order chi connectivity index (χ1) is 8.06. The van der Waals surface area contributed by atoms with Crippen molar-refractivity contribution in [2.75, 3.05) is 0 Å². The maximum Gasteiger partial charge on any atom is 0.175 e. The monoisotopic (exact) mass is 262 g/mol. The summed E-state index contributed by atoms with van der Waals surface area (Å²) < 4.78 is 0.778. The Bertz CT molecular complexity index is 483. The number of carbonyl (C=O) groups is 1. The summed E-state index contributed by atoms with van der Waals surface area (Å²) in [5.74, 6) is 0.680. The van der Waals surface area contributed by atoms with E-state index in [0.717, 1.165) is 14.7 Å². The van der Waals surface area contributed by atoms with Gasteiger partial charge in [0.05, 0.1) is 15.5 Å². The maximum absolute atomic E-state index is 11.6. The molecule has 2 rings (SSSR count). The molecule has 0 aliphatic carbocycles. The summed E-state index contributed by atoms with van der Waals surface area (Å²) in [4.78, 5) is 12.4. The largest absolute Gasteiger partial charge is 0.293 e. The molecule has 0 atom stereocenters. The second kappa shape index (κ2) is 5.15. The van der Waals surface area contributed by atoms with Crippen molar-refractivity contribution in [3.8, 4) is 0 Å². The van der Waals surface area contributed by atoms with Crippen LogP contribution in [0, 0.1) is 0 Å². The zero-order valence-electron chi connectivity index (χ0n) is 9.90. The highest BCUT2D eigenvalue weighted by atomic mass is 32.2. The molecule has 1 saturated heterocycles. The van der Waals surface area contributed by atoms with Crippen molar-refractivity contribution >= 4 is 40.0 Å². The second-order valence-electron chi connectivity index (χ2n) is 4.40. The second-order valence-corrected chi connectivity index (χ2v) is 6.29. The first kappa shape index (κ1) is 12.5. The molecule has 1 aliphatic heterocycles. The number of thioether (sulfide) groups is 1. The van der Waals surface area contributed by atoms with Crippen molar-refractivity contribution in [3.63, 3.8) is 0 Å². The van der Waals surface area contributed by atoms with Gasteiger partial charge < -0.3 is 0 Å². The molecule has 0 bridgehead atoms. The van der Waals surface area contributed by atoms with E-state index >= 15 is 0 Å². The van der Waals surface area contributed by atoms with Gasteiger partial charge in [-0.2, -0.15) is 0 Å². The molecule has 17 heavy (non-hydrogen) atoms. The summed E-state index contributed by atoms with van der Waals surface area (Å²) in [7, 11) is 0. The van der Waals surface area contributed by atoms with Crippen LogP contribution in [0.25, 0.3) is 6.08 Å². The van der Waals surface area contributed by atoms with E-state index < -0.39 is 0 Å². The van der Waals surface area contributed by atoms with Crippen LogP contribution in [0.4, 0.5) is 0 Å². The van der Waals surface area contributed by atoms with E-state index in [1.54, 1.807) is 0 Å². The van der Waals surface area contributed by atoms with E-state index in [-0.39, 0.29) is 5.78 Å². The average molecular weight is 262 g/mol. The Kier molecular flexibility index (Phi) is 3.79. The van der Waals surface area contributed by atoms with Crippen LogP contribution in [0.15, 0.2) is 29.2 Å². The Balaban J connectivity index is 2.21. The molecule has 1 aromatic rings. The molecule has 0 spiro atoms. The topological polar surface area (TPSA) is 17.1 Å². The van der Waals surface area contributed by atoms with E-state index in [1.807, 2.05) is 6.08 Å². The van der Waals surface area contributed by atoms with Crippen molar-refractivity contribution in [1.29, 1.82) is 0 Å². The SMILES string of the molecule is CC(C)c1ccc(/C=C2\SC(=S)CC2=O)cc1. The van der Waals surface area contributed by atoms with Crippen molar-refractivity contribution < 1.29 is 4.79 Å². The van der Waals surface area contributed by atoms with Gasteiger partial charge in [0, 0.05) is 0 Å². The minimum absolute atomic E-state index is 0.146. The Morgan fingerprint density at radius 1 is 1.29 bits per heavy atom. The lowest BCUT2D eigenvalue weighted by Gasteiger charge is -2.04. The quantitative estimate of drug-likeness (QED) is 0.588. The van der Waals surface area contributed by atoms with Gasteiger partial charge in [-0.1, -0.05) is 62.1 Å². The summed E-state index contributed by atoms with van der Waals surface area (Å²) in [6.45, 7) is 4.34. The van der Waals surface area contributed by atoms with E-state index in [9.17, 15) is 4.79 Å². The molecular weight excluding hydrogens is 248 g/mol. The van der Waals surface area contributed by atoms with Gasteiger partial charge in [-0.15, -0.1) is 0 Å². The molecule has 0 N–H and O–H groups in total. The minimum Gasteiger partial charge on any atom is -0.293 e. The zero-order valence-corrected chi connectivity index (χ0v) is 11.5. The van der Waals surface area contributed by atoms with Crippen LogP contribution >= 0.6 is 24.0 Å². The minimum atomic E-state index is 0.146. The highest BCUT2D eigenvalue weighted by molar-refractivity contribution is 8.27. The third-order valence-corrected chi connectivity index (χ3v) is 4.04. The Labute approximate surface area is 111 Å². The van der Waals surface area contributed by atoms with Gasteiger partial charge in [0.15, 0.2) is 5.78 Å². The molecular formula is C14H14OS2. The van der Waals surface area contributed by atoms with Gasteiger partial charge in [0.1, 0.15) is 0 Å². The molecule has 1 aliphatic rings. The van der Waals surface area contributed by atoms with Gasteiger partial charge in [-0.25, -0.2) is 0 Å². The highest BCUT2D eigenvalue weighted by Gasteiger charge is 2.22. The van der Waals surface area contributed by atoms with Crippen LogP contribution in [0.2, 0.25) is 0 Å². The van der Waals surface area contributed by atoms with E-state index in [4.69, 9.17) is 12.2 Å². The van der Waals surface area contributed by atoms with Crippen molar-refractivity contribution in [2.24, 2.45) is 0 Å². The van der Waals surface area contributed by atoms with E-state index in [1.165, 1.54) is 17.3 Å². The van der Waals surface area contributed by atoms with Crippen LogP contribution in [0.1, 0.15) is 37.3 Å². The zero-order chi connectivity index (χ0) is 12.4. The fourth-order valence-corrected chi connectivity index (χ4v) is 2.90. The summed E-state index contributed by atoms with van der Waals surface area (Å²) in [6.07, 6.45) is 2.34. The van der Waals surface area contributed by atoms with Crippen molar-refractivity contribution in [2.45, 2.75) is 26.2 Å². The molecule has 0 aromatic heterocycles. The maximum atomic E-state index is 11.6. The summed E-state index contributed by atoms with van der Waals surface area (Å²) in [5.41, 5.74) is 2.38. The van der Waals surface area contributed by atoms with Gasteiger partial charge in [0.25, 0.3) is 0 Å². The number of benzene rings is 1. The molecule has 1 nitrogen and oxygen atoms in total. The van der Waals surface area contributed by atoms with Gasteiger partial charge in [-0.3, -0.25) is 4.79 Å². The smallest absolute Gasteiger partial charge is 0.175 e. The average Bonchev–Trinajstić information content (AvgIpc) is 2.58. The lowest BCUT2D eigenvalue weighted by molar-refractivity contribution is -0.113. The number of rotatable bonds is 2. The van der Waals surface area contributed by atoms with Crippen LogP contribution in [0.3, 0.4) is 0 Å². The van der Waals surface area contributed by atoms with Crippen LogP contribution in [0.5, 0.6) is 0 Å². The van der Waals surface area contributed by atoms with Crippen LogP contribution < -0.4 is 0 Å². The number of thiocarbonyl (C=S) groups is 1. The number of allylic oxidation sites excluding steroid dienone is 1. The Morgan fingerprint density at radius 2 is 1.94 bits per heavy atom. The predicted molar refractivity (Wildman–Crippen MR) is 78.3 cm³/mol.